The molecule has 1 aliphatic carbocycles. The van der Waals surface area contributed by atoms with Crippen molar-refractivity contribution in [2.24, 2.45) is 0 Å². The third kappa shape index (κ3) is 2.93. The van der Waals surface area contributed by atoms with Crippen molar-refractivity contribution in [3.63, 3.8) is 0 Å². The minimum atomic E-state index is -1.82. The van der Waals surface area contributed by atoms with Gasteiger partial charge in [0.2, 0.25) is 0 Å². The first kappa shape index (κ1) is 19.4. The Labute approximate surface area is 177 Å². The molecule has 3 aromatic rings. The summed E-state index contributed by atoms with van der Waals surface area (Å²) in [5, 5.41) is 7.16. The highest BCUT2D eigenvalue weighted by Crippen LogP contribution is 2.35. The Hall–Kier alpha value is -3.55. The Morgan fingerprint density at radius 3 is 2.45 bits per heavy atom. The van der Waals surface area contributed by atoms with Crippen LogP contribution in [0.25, 0.3) is 5.69 Å². The number of carbonyl (C=O) groups is 2. The van der Waals surface area contributed by atoms with Crippen molar-refractivity contribution in [3.05, 3.63) is 82.7 Å². The maximum absolute atomic E-state index is 14.4. The van der Waals surface area contributed by atoms with Crippen LogP contribution in [0.5, 0.6) is 0 Å². The largest absolute Gasteiger partial charge is 0.325 e. The molecule has 1 unspecified atom stereocenters. The molecule has 5 rings (SSSR count). The van der Waals surface area contributed by atoms with E-state index < -0.39 is 34.7 Å². The number of carbonyl (C=O) groups excluding carboxylic acids is 2. The van der Waals surface area contributed by atoms with Crippen molar-refractivity contribution in [2.45, 2.75) is 38.3 Å². The Bertz CT molecular complexity index is 1190. The number of para-hydroxylation sites is 1. The van der Waals surface area contributed by atoms with E-state index in [0.717, 1.165) is 53.2 Å². The fourth-order valence-electron chi connectivity index (χ4n) is 4.56. The van der Waals surface area contributed by atoms with E-state index in [1.807, 2.05) is 35.0 Å². The molecule has 0 bridgehead atoms. The van der Waals surface area contributed by atoms with Crippen LogP contribution in [0.15, 0.2) is 48.5 Å². The molecule has 0 spiro atoms. The number of hydrogen-bond donors (Lipinski definition) is 1. The van der Waals surface area contributed by atoms with Gasteiger partial charge in [-0.05, 0) is 56.0 Å². The Morgan fingerprint density at radius 2 is 1.74 bits per heavy atom. The number of rotatable bonds is 4. The molecule has 1 N–H and O–H groups in total. The zero-order valence-electron chi connectivity index (χ0n) is 16.9. The van der Waals surface area contributed by atoms with Gasteiger partial charge in [-0.25, -0.2) is 18.3 Å². The molecule has 3 amide bonds. The molecule has 2 aliphatic rings. The van der Waals surface area contributed by atoms with Gasteiger partial charge in [0, 0.05) is 5.69 Å². The van der Waals surface area contributed by atoms with Gasteiger partial charge < -0.3 is 5.32 Å². The number of benzene rings is 2. The summed E-state index contributed by atoms with van der Waals surface area (Å²) in [5.41, 5.74) is 1.33. The van der Waals surface area contributed by atoms with Gasteiger partial charge in [0.15, 0.2) is 0 Å². The van der Waals surface area contributed by atoms with Crippen LogP contribution in [0.3, 0.4) is 0 Å². The second kappa shape index (κ2) is 7.01. The lowest BCUT2D eigenvalue weighted by atomic mass is 9.91. The fraction of sp³-hybridized carbons (Fsp3) is 0.261. The van der Waals surface area contributed by atoms with Gasteiger partial charge in [0.25, 0.3) is 5.91 Å². The summed E-state index contributed by atoms with van der Waals surface area (Å²) in [6.45, 7) is 1.26. The van der Waals surface area contributed by atoms with Gasteiger partial charge in [-0.1, -0.05) is 24.3 Å². The van der Waals surface area contributed by atoms with E-state index in [2.05, 4.69) is 10.4 Å². The molecule has 0 radical (unpaired) electrons. The lowest BCUT2D eigenvalue weighted by Gasteiger charge is -2.23. The van der Waals surface area contributed by atoms with Crippen molar-refractivity contribution in [1.82, 2.24) is 20.0 Å². The molecule has 2 aromatic carbocycles. The quantitative estimate of drug-likeness (QED) is 0.654. The van der Waals surface area contributed by atoms with Crippen LogP contribution in [0.1, 0.15) is 35.9 Å². The molecule has 1 aliphatic heterocycles. The lowest BCUT2D eigenvalue weighted by Crippen LogP contribution is -2.42. The molecule has 6 nitrogen and oxygen atoms in total. The number of aromatic nitrogens is 2. The van der Waals surface area contributed by atoms with E-state index >= 15 is 0 Å². The third-order valence-electron chi connectivity index (χ3n) is 6.06. The average molecular weight is 422 g/mol. The van der Waals surface area contributed by atoms with Gasteiger partial charge in [0.05, 0.1) is 23.5 Å². The molecule has 158 valence electrons. The number of halogens is 2. The van der Waals surface area contributed by atoms with Crippen LogP contribution >= 0.6 is 0 Å². The zero-order chi connectivity index (χ0) is 21.8. The zero-order valence-corrected chi connectivity index (χ0v) is 16.9. The molecule has 1 atom stereocenters. The summed E-state index contributed by atoms with van der Waals surface area (Å²) < 4.78 is 30.6. The molecule has 1 aromatic heterocycles. The van der Waals surface area contributed by atoms with Crippen LogP contribution in [0.4, 0.5) is 13.6 Å². The maximum atomic E-state index is 14.4. The van der Waals surface area contributed by atoms with Gasteiger partial charge in [-0.15, -0.1) is 0 Å². The predicted molar refractivity (Wildman–Crippen MR) is 108 cm³/mol. The van der Waals surface area contributed by atoms with Crippen LogP contribution in [0, 0.1) is 11.6 Å². The number of amides is 3. The van der Waals surface area contributed by atoms with Gasteiger partial charge in [0.1, 0.15) is 17.2 Å². The van der Waals surface area contributed by atoms with Crippen molar-refractivity contribution in [2.75, 3.05) is 0 Å². The summed E-state index contributed by atoms with van der Waals surface area (Å²) >= 11 is 0. The predicted octanol–water partition coefficient (Wildman–Crippen LogP) is 3.61. The summed E-state index contributed by atoms with van der Waals surface area (Å²) in [7, 11) is 0. The first-order chi connectivity index (χ1) is 14.9. The van der Waals surface area contributed by atoms with Crippen molar-refractivity contribution < 1.29 is 18.4 Å². The number of urea groups is 1. The number of nitrogens with zero attached hydrogens (tertiary/aromatic N) is 3. The smallest absolute Gasteiger partial charge is 0.319 e. The van der Waals surface area contributed by atoms with E-state index in [4.69, 9.17) is 0 Å². The van der Waals surface area contributed by atoms with Gasteiger partial charge in [-0.2, -0.15) is 5.10 Å². The van der Waals surface area contributed by atoms with Crippen LogP contribution in [0.2, 0.25) is 0 Å². The van der Waals surface area contributed by atoms with Crippen LogP contribution in [-0.2, 0) is 29.7 Å². The molecular formula is C23H20F2N4O2. The average Bonchev–Trinajstić information content (AvgIpc) is 3.40. The number of hydrogen-bond acceptors (Lipinski definition) is 3. The fourth-order valence-corrected chi connectivity index (χ4v) is 4.56. The standard InChI is InChI=1S/C23H20F2N4O2/c1-23(20-16(24)10-6-11-17(20)25)21(30)28(22(31)26-23)13-18-15-9-5-12-19(15)29(27-18)14-7-3-2-4-8-14/h2-4,6-8,10-11H,5,9,12-13H2,1H3,(H,26,31). The molecule has 1 fully saturated rings. The molecule has 31 heavy (non-hydrogen) atoms. The lowest BCUT2D eigenvalue weighted by molar-refractivity contribution is -0.131. The Morgan fingerprint density at radius 1 is 1.03 bits per heavy atom. The Kier molecular flexibility index (Phi) is 4.39. The topological polar surface area (TPSA) is 67.2 Å². The van der Waals surface area contributed by atoms with E-state index in [1.165, 1.54) is 13.0 Å². The van der Waals surface area contributed by atoms with E-state index in [-0.39, 0.29) is 6.54 Å². The van der Waals surface area contributed by atoms with Crippen LogP contribution < -0.4 is 5.32 Å². The maximum Gasteiger partial charge on any atom is 0.325 e. The summed E-state index contributed by atoms with van der Waals surface area (Å²) in [4.78, 5) is 26.9. The first-order valence-electron chi connectivity index (χ1n) is 10.1. The van der Waals surface area contributed by atoms with E-state index in [0.29, 0.717) is 5.69 Å². The second-order valence-corrected chi connectivity index (χ2v) is 8.02. The number of nitrogens with one attached hydrogen (secondary N) is 1. The SMILES string of the molecule is CC1(c2c(F)cccc2F)NC(=O)N(Cc2nn(-c3ccccc3)c3c2CCC3)C1=O. The van der Waals surface area contributed by atoms with Gasteiger partial charge >= 0.3 is 6.03 Å². The molecule has 2 heterocycles. The van der Waals surface area contributed by atoms with E-state index in [9.17, 15) is 18.4 Å². The summed E-state index contributed by atoms with van der Waals surface area (Å²) in [6, 6.07) is 12.3. The summed E-state index contributed by atoms with van der Waals surface area (Å²) in [6.07, 6.45) is 2.63. The minimum absolute atomic E-state index is 0.0570. The van der Waals surface area contributed by atoms with Crippen molar-refractivity contribution in [1.29, 1.82) is 0 Å². The first-order valence-corrected chi connectivity index (χ1v) is 10.1. The van der Waals surface area contributed by atoms with Crippen molar-refractivity contribution in [3.8, 4) is 5.69 Å². The minimum Gasteiger partial charge on any atom is -0.319 e. The van der Waals surface area contributed by atoms with E-state index in [1.54, 1.807) is 0 Å². The number of imide groups is 1. The molecule has 8 heteroatoms. The second-order valence-electron chi connectivity index (χ2n) is 8.02. The molecule has 1 saturated heterocycles. The number of fused-ring (bicyclic) bond motifs is 1. The van der Waals surface area contributed by atoms with Crippen molar-refractivity contribution >= 4 is 11.9 Å². The monoisotopic (exact) mass is 422 g/mol. The molecule has 0 saturated carbocycles. The highest BCUT2D eigenvalue weighted by Gasteiger charge is 2.52. The Balaban J connectivity index is 1.51. The highest BCUT2D eigenvalue weighted by atomic mass is 19.1. The normalized spacial score (nSPS) is 20.3. The highest BCUT2D eigenvalue weighted by molar-refractivity contribution is 6.07. The molecular weight excluding hydrogens is 402 g/mol. The van der Waals surface area contributed by atoms with Crippen LogP contribution in [-0.4, -0.2) is 26.6 Å². The van der Waals surface area contributed by atoms with Gasteiger partial charge in [-0.3, -0.25) is 9.69 Å². The third-order valence-corrected chi connectivity index (χ3v) is 6.06. The summed E-state index contributed by atoms with van der Waals surface area (Å²) in [5.74, 6) is -2.47.